The van der Waals surface area contributed by atoms with E-state index in [1.807, 2.05) is 30.0 Å². The lowest BCUT2D eigenvalue weighted by Crippen LogP contribution is -2.04. The molecule has 0 saturated carbocycles. The van der Waals surface area contributed by atoms with Gasteiger partial charge < -0.3 is 9.67 Å². The van der Waals surface area contributed by atoms with Crippen LogP contribution in [0.3, 0.4) is 0 Å². The number of fused-ring (bicyclic) bond motifs is 1. The molecule has 0 atom stereocenters. The number of aromatic nitrogens is 1. The van der Waals surface area contributed by atoms with Crippen LogP contribution in [-0.2, 0) is 5.75 Å². The number of aromatic carboxylic acids is 1. The van der Waals surface area contributed by atoms with E-state index in [2.05, 4.69) is 25.3 Å². The molecule has 0 aliphatic heterocycles. The standard InChI is InChI=1S/C15H19NO2S/c1-4-19-9-11-8-13-12(15(17)18)6-5-7-14(13)16(11)10(2)3/h5-8,10H,4,9H2,1-3H3,(H,17,18). The maximum atomic E-state index is 11.3. The predicted molar refractivity (Wildman–Crippen MR) is 81.1 cm³/mol. The first kappa shape index (κ1) is 14.0. The topological polar surface area (TPSA) is 42.2 Å². The summed E-state index contributed by atoms with van der Waals surface area (Å²) < 4.78 is 2.24. The van der Waals surface area contributed by atoms with E-state index < -0.39 is 5.97 Å². The van der Waals surface area contributed by atoms with E-state index in [4.69, 9.17) is 0 Å². The van der Waals surface area contributed by atoms with Crippen molar-refractivity contribution in [3.63, 3.8) is 0 Å². The maximum Gasteiger partial charge on any atom is 0.336 e. The Bertz CT molecular complexity index is 601. The Labute approximate surface area is 117 Å². The number of thioether (sulfide) groups is 1. The Hall–Kier alpha value is -1.42. The van der Waals surface area contributed by atoms with E-state index in [1.54, 1.807) is 6.07 Å². The molecule has 4 heteroatoms. The van der Waals surface area contributed by atoms with Crippen LogP contribution < -0.4 is 0 Å². The molecule has 0 radical (unpaired) electrons. The van der Waals surface area contributed by atoms with E-state index in [9.17, 15) is 9.90 Å². The van der Waals surface area contributed by atoms with Crippen LogP contribution in [0.4, 0.5) is 0 Å². The minimum Gasteiger partial charge on any atom is -0.478 e. The smallest absolute Gasteiger partial charge is 0.336 e. The van der Waals surface area contributed by atoms with Crippen molar-refractivity contribution >= 4 is 28.6 Å². The first-order valence-corrected chi connectivity index (χ1v) is 7.65. The molecule has 2 rings (SSSR count). The number of nitrogens with zero attached hydrogens (tertiary/aromatic N) is 1. The molecule has 3 nitrogen and oxygen atoms in total. The Balaban J connectivity index is 2.65. The third-order valence-corrected chi connectivity index (χ3v) is 4.07. The van der Waals surface area contributed by atoms with E-state index in [0.29, 0.717) is 11.6 Å². The summed E-state index contributed by atoms with van der Waals surface area (Å²) in [4.78, 5) is 11.3. The van der Waals surface area contributed by atoms with Crippen molar-refractivity contribution in [2.75, 3.05) is 5.75 Å². The van der Waals surface area contributed by atoms with Gasteiger partial charge in [0, 0.05) is 28.4 Å². The van der Waals surface area contributed by atoms with Gasteiger partial charge in [-0.2, -0.15) is 11.8 Å². The molecule has 0 aliphatic carbocycles. The Morgan fingerprint density at radius 3 is 2.74 bits per heavy atom. The molecule has 102 valence electrons. The van der Waals surface area contributed by atoms with Crippen LogP contribution in [0.2, 0.25) is 0 Å². The van der Waals surface area contributed by atoms with Crippen LogP contribution in [0.25, 0.3) is 10.9 Å². The largest absolute Gasteiger partial charge is 0.478 e. The first-order chi connectivity index (χ1) is 9.06. The highest BCUT2D eigenvalue weighted by molar-refractivity contribution is 7.98. The number of carboxylic acid groups (broad SMARTS) is 1. The molecule has 1 aromatic carbocycles. The normalized spacial score (nSPS) is 11.4. The Kier molecular flexibility index (Phi) is 4.20. The van der Waals surface area contributed by atoms with Gasteiger partial charge in [-0.3, -0.25) is 0 Å². The molecule has 1 aromatic heterocycles. The summed E-state index contributed by atoms with van der Waals surface area (Å²) >= 11 is 1.85. The van der Waals surface area contributed by atoms with Crippen LogP contribution in [0.5, 0.6) is 0 Å². The molecule has 1 heterocycles. The van der Waals surface area contributed by atoms with Gasteiger partial charge in [-0.05, 0) is 37.8 Å². The van der Waals surface area contributed by atoms with Gasteiger partial charge in [-0.1, -0.05) is 13.0 Å². The Morgan fingerprint density at radius 2 is 2.16 bits per heavy atom. The fourth-order valence-electron chi connectivity index (χ4n) is 2.42. The molecular formula is C15H19NO2S. The second kappa shape index (κ2) is 5.70. The van der Waals surface area contributed by atoms with E-state index in [1.165, 1.54) is 5.69 Å². The second-order valence-corrected chi connectivity index (χ2v) is 6.05. The fraction of sp³-hybridized carbons (Fsp3) is 0.400. The molecule has 0 amide bonds. The van der Waals surface area contributed by atoms with Crippen molar-refractivity contribution in [3.8, 4) is 0 Å². The van der Waals surface area contributed by atoms with Gasteiger partial charge in [-0.15, -0.1) is 0 Å². The third kappa shape index (κ3) is 2.63. The van der Waals surface area contributed by atoms with Crippen molar-refractivity contribution in [2.24, 2.45) is 0 Å². The van der Waals surface area contributed by atoms with Gasteiger partial charge in [0.15, 0.2) is 0 Å². The predicted octanol–water partition coefficient (Wildman–Crippen LogP) is 4.17. The first-order valence-electron chi connectivity index (χ1n) is 6.50. The van der Waals surface area contributed by atoms with Crippen LogP contribution in [0, 0.1) is 0 Å². The average molecular weight is 277 g/mol. The number of carbonyl (C=O) groups is 1. The monoisotopic (exact) mass is 277 g/mol. The second-order valence-electron chi connectivity index (χ2n) is 4.78. The van der Waals surface area contributed by atoms with Gasteiger partial charge in [0.2, 0.25) is 0 Å². The summed E-state index contributed by atoms with van der Waals surface area (Å²) in [6, 6.07) is 7.85. The molecule has 0 spiro atoms. The number of rotatable bonds is 5. The van der Waals surface area contributed by atoms with Crippen LogP contribution in [0.1, 0.15) is 42.9 Å². The highest BCUT2D eigenvalue weighted by atomic mass is 32.2. The third-order valence-electron chi connectivity index (χ3n) is 3.16. The lowest BCUT2D eigenvalue weighted by molar-refractivity contribution is 0.0699. The van der Waals surface area contributed by atoms with Crippen molar-refractivity contribution in [1.82, 2.24) is 4.57 Å². The highest BCUT2D eigenvalue weighted by Gasteiger charge is 2.16. The van der Waals surface area contributed by atoms with Crippen LogP contribution >= 0.6 is 11.8 Å². The quantitative estimate of drug-likeness (QED) is 0.891. The lowest BCUT2D eigenvalue weighted by atomic mass is 10.1. The minimum atomic E-state index is -0.860. The average Bonchev–Trinajstić information content (AvgIpc) is 2.73. The number of hydrogen-bond donors (Lipinski definition) is 1. The van der Waals surface area contributed by atoms with E-state index in [-0.39, 0.29) is 0 Å². The molecule has 1 N–H and O–H groups in total. The molecule has 0 saturated heterocycles. The van der Waals surface area contributed by atoms with Crippen molar-refractivity contribution in [2.45, 2.75) is 32.6 Å². The van der Waals surface area contributed by atoms with Crippen LogP contribution in [-0.4, -0.2) is 21.4 Å². The summed E-state index contributed by atoms with van der Waals surface area (Å²) in [5.41, 5.74) is 2.60. The molecule has 0 aliphatic rings. The maximum absolute atomic E-state index is 11.3. The van der Waals surface area contributed by atoms with Gasteiger partial charge in [0.25, 0.3) is 0 Å². The zero-order chi connectivity index (χ0) is 14.0. The van der Waals surface area contributed by atoms with Gasteiger partial charge in [-0.25, -0.2) is 4.79 Å². The number of benzene rings is 1. The fourth-order valence-corrected chi connectivity index (χ4v) is 3.06. The van der Waals surface area contributed by atoms with Gasteiger partial charge in [0.05, 0.1) is 5.56 Å². The summed E-state index contributed by atoms with van der Waals surface area (Å²) in [6.45, 7) is 6.40. The summed E-state index contributed by atoms with van der Waals surface area (Å²) in [7, 11) is 0. The van der Waals surface area contributed by atoms with Crippen LogP contribution in [0.15, 0.2) is 24.3 Å². The molecule has 0 bridgehead atoms. The Morgan fingerprint density at radius 1 is 1.42 bits per heavy atom. The molecular weight excluding hydrogens is 258 g/mol. The van der Waals surface area contributed by atoms with Crippen molar-refractivity contribution in [3.05, 3.63) is 35.5 Å². The number of carboxylic acids is 1. The van der Waals surface area contributed by atoms with E-state index >= 15 is 0 Å². The van der Waals surface area contributed by atoms with Gasteiger partial charge >= 0.3 is 5.97 Å². The SMILES string of the molecule is CCSCc1cc2c(C(=O)O)cccc2n1C(C)C. The molecule has 19 heavy (non-hydrogen) atoms. The van der Waals surface area contributed by atoms with Gasteiger partial charge in [0.1, 0.15) is 0 Å². The molecule has 0 unspecified atom stereocenters. The van der Waals surface area contributed by atoms with Crippen molar-refractivity contribution in [1.29, 1.82) is 0 Å². The molecule has 2 aromatic rings. The summed E-state index contributed by atoms with van der Waals surface area (Å²) in [6.07, 6.45) is 0. The van der Waals surface area contributed by atoms with Crippen molar-refractivity contribution < 1.29 is 9.90 Å². The minimum absolute atomic E-state index is 0.328. The molecule has 0 fully saturated rings. The zero-order valence-corrected chi connectivity index (χ0v) is 12.3. The zero-order valence-electron chi connectivity index (χ0n) is 11.5. The number of hydrogen-bond acceptors (Lipinski definition) is 2. The highest BCUT2D eigenvalue weighted by Crippen LogP contribution is 2.29. The van der Waals surface area contributed by atoms with E-state index in [0.717, 1.165) is 22.4 Å². The summed E-state index contributed by atoms with van der Waals surface area (Å²) in [5.74, 6) is 1.12. The summed E-state index contributed by atoms with van der Waals surface area (Å²) in [5, 5.41) is 10.1. The lowest BCUT2D eigenvalue weighted by Gasteiger charge is -2.14.